The number of morpholine rings is 1. The number of hydrogen-bond acceptors (Lipinski definition) is 8. The molecule has 1 saturated heterocycles. The highest BCUT2D eigenvalue weighted by atomic mass is 32.1. The Bertz CT molecular complexity index is 1340. The van der Waals surface area contributed by atoms with Crippen LogP contribution in [0.15, 0.2) is 30.9 Å². The van der Waals surface area contributed by atoms with Crippen molar-refractivity contribution in [3.8, 4) is 5.75 Å². The average molecular weight is 465 g/mol. The van der Waals surface area contributed by atoms with E-state index in [4.69, 9.17) is 9.47 Å². The van der Waals surface area contributed by atoms with E-state index in [0.29, 0.717) is 32.1 Å². The quantitative estimate of drug-likeness (QED) is 0.496. The van der Waals surface area contributed by atoms with E-state index in [9.17, 15) is 4.79 Å². The topological polar surface area (TPSA) is 93.9 Å². The first-order chi connectivity index (χ1) is 16.2. The maximum atomic E-state index is 13.1. The minimum Gasteiger partial charge on any atom is -0.493 e. The van der Waals surface area contributed by atoms with Crippen LogP contribution in [-0.4, -0.2) is 63.8 Å². The van der Waals surface area contributed by atoms with E-state index >= 15 is 0 Å². The monoisotopic (exact) mass is 464 g/mol. The van der Waals surface area contributed by atoms with Gasteiger partial charge in [-0.2, -0.15) is 5.10 Å². The molecular formula is C23H24N6O3S. The summed E-state index contributed by atoms with van der Waals surface area (Å²) in [5.74, 6) is 1.72. The molecule has 5 heterocycles. The molecule has 33 heavy (non-hydrogen) atoms. The summed E-state index contributed by atoms with van der Waals surface area (Å²) in [5, 5.41) is 8.79. The Labute approximate surface area is 194 Å². The molecule has 1 atom stereocenters. The molecule has 1 fully saturated rings. The number of nitrogens with one attached hydrogen (secondary N) is 1. The third kappa shape index (κ3) is 3.59. The van der Waals surface area contributed by atoms with Crippen molar-refractivity contribution in [1.29, 1.82) is 0 Å². The maximum Gasteiger partial charge on any atom is 0.226 e. The van der Waals surface area contributed by atoms with Gasteiger partial charge in [0.15, 0.2) is 5.75 Å². The Hall–Kier alpha value is -3.24. The molecular weight excluding hydrogens is 440 g/mol. The van der Waals surface area contributed by atoms with Crippen molar-refractivity contribution in [3.05, 3.63) is 41.3 Å². The van der Waals surface area contributed by atoms with E-state index in [1.165, 1.54) is 10.4 Å². The lowest BCUT2D eigenvalue weighted by atomic mass is 9.86. The van der Waals surface area contributed by atoms with Crippen molar-refractivity contribution in [2.45, 2.75) is 19.3 Å². The Morgan fingerprint density at radius 1 is 1.30 bits per heavy atom. The fourth-order valence-electron chi connectivity index (χ4n) is 4.79. The number of aromatic nitrogens is 4. The number of fused-ring (bicyclic) bond motifs is 4. The summed E-state index contributed by atoms with van der Waals surface area (Å²) in [4.78, 5) is 26.3. The van der Waals surface area contributed by atoms with Gasteiger partial charge in [0.25, 0.3) is 0 Å². The molecule has 0 radical (unpaired) electrons. The van der Waals surface area contributed by atoms with Crippen LogP contribution in [0.5, 0.6) is 5.75 Å². The number of aryl methyl sites for hydroxylation is 1. The van der Waals surface area contributed by atoms with Crippen LogP contribution in [-0.2, 0) is 22.4 Å². The normalized spacial score (nSPS) is 18.5. The van der Waals surface area contributed by atoms with Gasteiger partial charge < -0.3 is 19.7 Å². The highest BCUT2D eigenvalue weighted by Gasteiger charge is 2.32. The number of carbonyl (C=O) groups is 1. The fourth-order valence-corrected chi connectivity index (χ4v) is 6.06. The molecule has 10 heteroatoms. The molecule has 0 spiro atoms. The molecule has 0 unspecified atom stereocenters. The van der Waals surface area contributed by atoms with E-state index < -0.39 is 0 Å². The number of amides is 1. The number of hydrogen-bond donors (Lipinski definition) is 1. The fraction of sp³-hybridized carbons (Fsp3) is 0.391. The summed E-state index contributed by atoms with van der Waals surface area (Å²) < 4.78 is 12.8. The van der Waals surface area contributed by atoms with Crippen LogP contribution >= 0.6 is 11.3 Å². The third-order valence-electron chi connectivity index (χ3n) is 6.49. The molecule has 0 saturated carbocycles. The molecule has 0 aromatic carbocycles. The van der Waals surface area contributed by atoms with Gasteiger partial charge in [-0.3, -0.25) is 4.79 Å². The molecule has 6 rings (SSSR count). The Morgan fingerprint density at radius 3 is 3.03 bits per heavy atom. The largest absolute Gasteiger partial charge is 0.493 e. The predicted octanol–water partition coefficient (Wildman–Crippen LogP) is 3.05. The van der Waals surface area contributed by atoms with Crippen LogP contribution in [0, 0.1) is 5.92 Å². The van der Waals surface area contributed by atoms with Gasteiger partial charge in [-0.15, -0.1) is 11.3 Å². The van der Waals surface area contributed by atoms with Gasteiger partial charge >= 0.3 is 0 Å². The summed E-state index contributed by atoms with van der Waals surface area (Å²) in [5.41, 5.74) is 3.04. The highest BCUT2D eigenvalue weighted by Crippen LogP contribution is 2.41. The van der Waals surface area contributed by atoms with Crippen molar-refractivity contribution in [2.24, 2.45) is 5.92 Å². The zero-order valence-corrected chi connectivity index (χ0v) is 19.1. The van der Waals surface area contributed by atoms with Crippen molar-refractivity contribution in [3.63, 3.8) is 0 Å². The van der Waals surface area contributed by atoms with E-state index in [0.717, 1.165) is 46.5 Å². The molecule has 1 aliphatic heterocycles. The molecule has 4 aromatic heterocycles. The van der Waals surface area contributed by atoms with Crippen molar-refractivity contribution in [2.75, 3.05) is 38.7 Å². The van der Waals surface area contributed by atoms with E-state index in [1.54, 1.807) is 35.5 Å². The standard InChI is InChI=1S/C23H24N6O3S/c1-31-18-12-29-15(4-5-26-29)11-17(18)27-21-20-16-3-2-14(23(30)28-6-8-32-9-7-28)10-19(16)33-22(20)25-13-24-21/h4-5,11-14H,2-3,6-10H2,1H3,(H,24,25,27)/t14-/m0/s1. The first-order valence-corrected chi connectivity index (χ1v) is 11.9. The smallest absolute Gasteiger partial charge is 0.226 e. The molecule has 1 aliphatic carbocycles. The summed E-state index contributed by atoms with van der Waals surface area (Å²) in [7, 11) is 1.64. The summed E-state index contributed by atoms with van der Waals surface area (Å²) in [6.07, 6.45) is 7.64. The summed E-state index contributed by atoms with van der Waals surface area (Å²) >= 11 is 1.67. The van der Waals surface area contributed by atoms with Gasteiger partial charge in [0.2, 0.25) is 5.91 Å². The van der Waals surface area contributed by atoms with Gasteiger partial charge in [0.05, 0.1) is 43.1 Å². The van der Waals surface area contributed by atoms with Crippen molar-refractivity contribution >= 4 is 44.5 Å². The average Bonchev–Trinajstić information content (AvgIpc) is 3.47. The number of nitrogens with zero attached hydrogens (tertiary/aromatic N) is 5. The Kier molecular flexibility index (Phi) is 5.11. The van der Waals surface area contributed by atoms with Crippen LogP contribution in [0.4, 0.5) is 11.5 Å². The third-order valence-corrected chi connectivity index (χ3v) is 7.65. The number of rotatable bonds is 4. The predicted molar refractivity (Wildman–Crippen MR) is 125 cm³/mol. The minimum absolute atomic E-state index is 0.0254. The van der Waals surface area contributed by atoms with Crippen LogP contribution in [0.3, 0.4) is 0 Å². The number of carbonyl (C=O) groups excluding carboxylic acids is 1. The van der Waals surface area contributed by atoms with E-state index in [1.807, 2.05) is 23.2 Å². The number of anilines is 2. The molecule has 0 bridgehead atoms. The Morgan fingerprint density at radius 2 is 2.18 bits per heavy atom. The molecule has 2 aliphatic rings. The molecule has 9 nitrogen and oxygen atoms in total. The zero-order chi connectivity index (χ0) is 22.4. The van der Waals surface area contributed by atoms with Crippen LogP contribution in [0.1, 0.15) is 16.9 Å². The van der Waals surface area contributed by atoms with Gasteiger partial charge in [-0.1, -0.05) is 0 Å². The SMILES string of the molecule is COc1cn2nccc2cc1Nc1ncnc2sc3c(c12)CC[C@H](C(=O)N1CCOCC1)C3. The second-order valence-corrected chi connectivity index (χ2v) is 9.45. The molecule has 1 amide bonds. The number of thiophene rings is 1. The minimum atomic E-state index is 0.0254. The summed E-state index contributed by atoms with van der Waals surface area (Å²) in [6.45, 7) is 2.65. The zero-order valence-electron chi connectivity index (χ0n) is 18.3. The van der Waals surface area contributed by atoms with Gasteiger partial charge in [-0.25, -0.2) is 14.5 Å². The second kappa shape index (κ2) is 8.27. The van der Waals surface area contributed by atoms with Crippen molar-refractivity contribution < 1.29 is 14.3 Å². The first kappa shape index (κ1) is 20.4. The molecule has 4 aromatic rings. The van der Waals surface area contributed by atoms with Gasteiger partial charge in [0.1, 0.15) is 17.0 Å². The first-order valence-electron chi connectivity index (χ1n) is 11.1. The van der Waals surface area contributed by atoms with Crippen molar-refractivity contribution in [1.82, 2.24) is 24.5 Å². The lowest BCUT2D eigenvalue weighted by Gasteiger charge is -2.31. The molecule has 1 N–H and O–H groups in total. The molecule has 170 valence electrons. The maximum absolute atomic E-state index is 13.1. The van der Waals surface area contributed by atoms with E-state index in [2.05, 4.69) is 20.4 Å². The number of methoxy groups -OCH3 is 1. The van der Waals surface area contributed by atoms with Gasteiger partial charge in [-0.05, 0) is 37.0 Å². The van der Waals surface area contributed by atoms with Gasteiger partial charge in [0, 0.05) is 30.1 Å². The number of pyridine rings is 1. The summed E-state index contributed by atoms with van der Waals surface area (Å²) in [6, 6.07) is 3.94. The number of ether oxygens (including phenoxy) is 2. The van der Waals surface area contributed by atoms with Crippen LogP contribution < -0.4 is 10.1 Å². The second-order valence-electron chi connectivity index (χ2n) is 8.36. The highest BCUT2D eigenvalue weighted by molar-refractivity contribution is 7.19. The lowest BCUT2D eigenvalue weighted by Crippen LogP contribution is -2.44. The van der Waals surface area contributed by atoms with Crippen LogP contribution in [0.25, 0.3) is 15.7 Å². The lowest BCUT2D eigenvalue weighted by molar-refractivity contribution is -0.140. The van der Waals surface area contributed by atoms with E-state index in [-0.39, 0.29) is 11.8 Å². The Balaban J connectivity index is 1.32. The van der Waals surface area contributed by atoms with Crippen LogP contribution in [0.2, 0.25) is 0 Å².